The van der Waals surface area contributed by atoms with E-state index in [1.807, 2.05) is 37.3 Å². The van der Waals surface area contributed by atoms with Crippen LogP contribution in [0.3, 0.4) is 0 Å². The Kier molecular flexibility index (Phi) is 7.04. The number of rotatable bonds is 7. The van der Waals surface area contributed by atoms with Crippen molar-refractivity contribution in [1.29, 1.82) is 0 Å². The Bertz CT molecular complexity index is 972. The summed E-state index contributed by atoms with van der Waals surface area (Å²) in [6.07, 6.45) is 1.56. The van der Waals surface area contributed by atoms with Gasteiger partial charge in [-0.25, -0.2) is 9.97 Å². The summed E-state index contributed by atoms with van der Waals surface area (Å²) < 4.78 is 5.11. The average molecular weight is 407 g/mol. The standard InChI is InChI=1S/C24H26N2O2S/c1-5-9-20(23(27)28-4)21-17(3)25-24(29-19-10-7-6-8-11-19)26-22(21)18-14-12-16(2)13-15-18/h6-8,10-15,20H,5,9H2,1-4H3. The summed E-state index contributed by atoms with van der Waals surface area (Å²) in [5.41, 5.74) is 4.65. The molecule has 0 aliphatic carbocycles. The van der Waals surface area contributed by atoms with E-state index in [-0.39, 0.29) is 11.9 Å². The highest BCUT2D eigenvalue weighted by Crippen LogP contribution is 2.36. The Labute approximate surface area is 176 Å². The summed E-state index contributed by atoms with van der Waals surface area (Å²) in [4.78, 5) is 23.3. The molecule has 4 nitrogen and oxygen atoms in total. The van der Waals surface area contributed by atoms with Gasteiger partial charge in [0.2, 0.25) is 0 Å². The number of ether oxygens (including phenoxy) is 1. The van der Waals surface area contributed by atoms with Crippen molar-refractivity contribution >= 4 is 17.7 Å². The van der Waals surface area contributed by atoms with Gasteiger partial charge >= 0.3 is 5.97 Å². The second kappa shape index (κ2) is 9.70. The third-order valence-corrected chi connectivity index (χ3v) is 5.68. The maximum absolute atomic E-state index is 12.6. The smallest absolute Gasteiger partial charge is 0.313 e. The fraction of sp³-hybridized carbons (Fsp3) is 0.292. The Hall–Kier alpha value is -2.66. The molecule has 1 aromatic heterocycles. The number of hydrogen-bond acceptors (Lipinski definition) is 5. The van der Waals surface area contributed by atoms with Gasteiger partial charge in [0.15, 0.2) is 5.16 Å². The monoisotopic (exact) mass is 406 g/mol. The van der Waals surface area contributed by atoms with Gasteiger partial charge in [0.25, 0.3) is 0 Å². The van der Waals surface area contributed by atoms with Gasteiger partial charge in [-0.15, -0.1) is 0 Å². The van der Waals surface area contributed by atoms with Gasteiger partial charge in [-0.3, -0.25) is 4.79 Å². The highest BCUT2D eigenvalue weighted by atomic mass is 32.2. The molecule has 0 aliphatic rings. The molecule has 0 fully saturated rings. The van der Waals surface area contributed by atoms with Crippen molar-refractivity contribution in [3.8, 4) is 11.3 Å². The molecule has 0 amide bonds. The molecular formula is C24H26N2O2S. The van der Waals surface area contributed by atoms with E-state index in [0.717, 1.165) is 33.8 Å². The largest absolute Gasteiger partial charge is 0.469 e. The lowest BCUT2D eigenvalue weighted by molar-refractivity contribution is -0.142. The third kappa shape index (κ3) is 5.04. The zero-order valence-corrected chi connectivity index (χ0v) is 18.1. The van der Waals surface area contributed by atoms with Crippen molar-refractivity contribution in [1.82, 2.24) is 9.97 Å². The minimum absolute atomic E-state index is 0.240. The lowest BCUT2D eigenvalue weighted by atomic mass is 9.89. The quantitative estimate of drug-likeness (QED) is 0.357. The van der Waals surface area contributed by atoms with Crippen molar-refractivity contribution in [2.75, 3.05) is 7.11 Å². The van der Waals surface area contributed by atoms with Crippen LogP contribution in [0.4, 0.5) is 0 Å². The van der Waals surface area contributed by atoms with Gasteiger partial charge in [0, 0.05) is 21.7 Å². The number of esters is 1. The Balaban J connectivity index is 2.15. The highest BCUT2D eigenvalue weighted by Gasteiger charge is 2.28. The van der Waals surface area contributed by atoms with E-state index in [1.54, 1.807) is 0 Å². The number of methoxy groups -OCH3 is 1. The maximum atomic E-state index is 12.6. The first-order valence-electron chi connectivity index (χ1n) is 9.79. The molecule has 3 aromatic rings. The number of benzene rings is 2. The first kappa shape index (κ1) is 21.1. The molecule has 0 saturated carbocycles. The van der Waals surface area contributed by atoms with E-state index < -0.39 is 0 Å². The molecule has 0 bridgehead atoms. The molecule has 150 valence electrons. The fourth-order valence-electron chi connectivity index (χ4n) is 3.36. The molecule has 1 heterocycles. The van der Waals surface area contributed by atoms with Crippen LogP contribution in [0.5, 0.6) is 0 Å². The molecule has 1 unspecified atom stereocenters. The Morgan fingerprint density at radius 1 is 1.03 bits per heavy atom. The number of hydrogen-bond donors (Lipinski definition) is 0. The predicted molar refractivity (Wildman–Crippen MR) is 117 cm³/mol. The molecule has 0 saturated heterocycles. The van der Waals surface area contributed by atoms with Crippen LogP contribution in [0.2, 0.25) is 0 Å². The second-order valence-corrected chi connectivity index (χ2v) is 8.04. The lowest BCUT2D eigenvalue weighted by Crippen LogP contribution is -2.18. The van der Waals surface area contributed by atoms with Crippen LogP contribution in [0, 0.1) is 13.8 Å². The van der Waals surface area contributed by atoms with Crippen LogP contribution in [0.15, 0.2) is 64.6 Å². The molecule has 0 N–H and O–H groups in total. The number of nitrogens with zero attached hydrogens (tertiary/aromatic N) is 2. The number of carbonyl (C=O) groups excluding carboxylic acids is 1. The summed E-state index contributed by atoms with van der Waals surface area (Å²) in [6, 6.07) is 18.3. The summed E-state index contributed by atoms with van der Waals surface area (Å²) in [6.45, 7) is 6.08. The van der Waals surface area contributed by atoms with E-state index in [0.29, 0.717) is 11.6 Å². The van der Waals surface area contributed by atoms with Crippen LogP contribution < -0.4 is 0 Å². The van der Waals surface area contributed by atoms with Crippen LogP contribution in [0.25, 0.3) is 11.3 Å². The van der Waals surface area contributed by atoms with E-state index in [4.69, 9.17) is 14.7 Å². The third-order valence-electron chi connectivity index (χ3n) is 4.80. The van der Waals surface area contributed by atoms with E-state index in [9.17, 15) is 4.79 Å². The van der Waals surface area contributed by atoms with E-state index >= 15 is 0 Å². The van der Waals surface area contributed by atoms with Gasteiger partial charge in [0.1, 0.15) is 0 Å². The van der Waals surface area contributed by atoms with Gasteiger partial charge in [-0.2, -0.15) is 0 Å². The lowest BCUT2D eigenvalue weighted by Gasteiger charge is -2.20. The van der Waals surface area contributed by atoms with Gasteiger partial charge in [0.05, 0.1) is 18.7 Å². The molecule has 1 atom stereocenters. The maximum Gasteiger partial charge on any atom is 0.313 e. The Morgan fingerprint density at radius 3 is 2.34 bits per heavy atom. The zero-order chi connectivity index (χ0) is 20.8. The van der Waals surface area contributed by atoms with E-state index in [2.05, 4.69) is 38.1 Å². The molecule has 0 aliphatic heterocycles. The Morgan fingerprint density at radius 2 is 1.72 bits per heavy atom. The normalized spacial score (nSPS) is 11.9. The van der Waals surface area contributed by atoms with Gasteiger partial charge < -0.3 is 4.74 Å². The first-order valence-corrected chi connectivity index (χ1v) is 10.6. The number of aryl methyl sites for hydroxylation is 2. The molecule has 0 radical (unpaired) electrons. The van der Waals surface area contributed by atoms with Crippen LogP contribution in [0.1, 0.15) is 42.5 Å². The highest BCUT2D eigenvalue weighted by molar-refractivity contribution is 7.99. The van der Waals surface area contributed by atoms with Gasteiger partial charge in [-0.1, -0.05) is 61.4 Å². The van der Waals surface area contributed by atoms with Crippen molar-refractivity contribution < 1.29 is 9.53 Å². The van der Waals surface area contributed by atoms with E-state index in [1.165, 1.54) is 24.4 Å². The molecule has 5 heteroatoms. The summed E-state index contributed by atoms with van der Waals surface area (Å²) in [5.74, 6) is -0.618. The minimum atomic E-state index is -0.378. The fourth-order valence-corrected chi connectivity index (χ4v) is 4.18. The van der Waals surface area contributed by atoms with Crippen LogP contribution in [-0.2, 0) is 9.53 Å². The number of carbonyl (C=O) groups is 1. The van der Waals surface area contributed by atoms with Crippen LogP contribution >= 0.6 is 11.8 Å². The zero-order valence-electron chi connectivity index (χ0n) is 17.3. The average Bonchev–Trinajstić information content (AvgIpc) is 2.73. The first-order chi connectivity index (χ1) is 14.0. The summed E-state index contributed by atoms with van der Waals surface area (Å²) in [5, 5.41) is 0.674. The number of aromatic nitrogens is 2. The van der Waals surface area contributed by atoms with Crippen molar-refractivity contribution in [3.63, 3.8) is 0 Å². The summed E-state index contributed by atoms with van der Waals surface area (Å²) in [7, 11) is 1.44. The SMILES string of the molecule is CCCC(C(=O)OC)c1c(C)nc(Sc2ccccc2)nc1-c1ccc(C)cc1. The molecule has 2 aromatic carbocycles. The van der Waals surface area contributed by atoms with Crippen LogP contribution in [-0.4, -0.2) is 23.0 Å². The molecule has 3 rings (SSSR count). The van der Waals surface area contributed by atoms with Crippen molar-refractivity contribution in [2.24, 2.45) is 0 Å². The van der Waals surface area contributed by atoms with Gasteiger partial charge in [-0.05, 0) is 44.2 Å². The second-order valence-electron chi connectivity index (χ2n) is 7.00. The molecule has 29 heavy (non-hydrogen) atoms. The van der Waals surface area contributed by atoms with Crippen molar-refractivity contribution in [2.45, 2.75) is 49.6 Å². The van der Waals surface area contributed by atoms with Crippen molar-refractivity contribution in [3.05, 3.63) is 71.4 Å². The summed E-state index contributed by atoms with van der Waals surface area (Å²) >= 11 is 1.52. The predicted octanol–water partition coefficient (Wildman–Crippen LogP) is 5.97. The molecule has 0 spiro atoms. The topological polar surface area (TPSA) is 52.1 Å². The molecular weight excluding hydrogens is 380 g/mol. The minimum Gasteiger partial charge on any atom is -0.469 e.